The van der Waals surface area contributed by atoms with Crippen molar-refractivity contribution >= 4 is 11.1 Å². The highest BCUT2D eigenvalue weighted by atomic mass is 16.3. The van der Waals surface area contributed by atoms with Gasteiger partial charge < -0.3 is 15.5 Å². The van der Waals surface area contributed by atoms with E-state index in [0.29, 0.717) is 12.4 Å². The molecule has 0 spiro atoms. The van der Waals surface area contributed by atoms with E-state index in [9.17, 15) is 0 Å². The minimum atomic E-state index is 0.0590. The summed E-state index contributed by atoms with van der Waals surface area (Å²) in [5.74, 6) is 0.707. The van der Waals surface area contributed by atoms with Crippen LogP contribution in [0, 0.1) is 6.92 Å². The Labute approximate surface area is 108 Å². The molecule has 0 aliphatic rings. The first kappa shape index (κ1) is 13.1. The highest BCUT2D eigenvalue weighted by Gasteiger charge is 2.15. The van der Waals surface area contributed by atoms with E-state index in [4.69, 9.17) is 10.2 Å². The number of nitrogens with two attached hydrogens (primary N) is 1. The standard InChI is InChI=1S/C14H21N3O/c1-10-17-12-8-11(4-5-13(12)18-10)9-16-14(2,3)6-7-15/h4-5,8,16H,6-7,9,15H2,1-3H3. The summed E-state index contributed by atoms with van der Waals surface area (Å²) in [5.41, 5.74) is 8.63. The van der Waals surface area contributed by atoms with Crippen LogP contribution in [0.5, 0.6) is 0 Å². The van der Waals surface area contributed by atoms with Gasteiger partial charge in [0.15, 0.2) is 11.5 Å². The van der Waals surface area contributed by atoms with Crippen molar-refractivity contribution in [3.8, 4) is 0 Å². The van der Waals surface area contributed by atoms with Crippen LogP contribution in [0.3, 0.4) is 0 Å². The van der Waals surface area contributed by atoms with Crippen molar-refractivity contribution < 1.29 is 4.42 Å². The van der Waals surface area contributed by atoms with Gasteiger partial charge in [-0.15, -0.1) is 0 Å². The molecule has 0 fully saturated rings. The Morgan fingerprint density at radius 2 is 2.17 bits per heavy atom. The van der Waals surface area contributed by atoms with Crippen LogP contribution in [0.4, 0.5) is 0 Å². The Bertz CT molecular complexity index is 531. The fourth-order valence-electron chi connectivity index (χ4n) is 1.99. The maximum atomic E-state index is 5.60. The van der Waals surface area contributed by atoms with E-state index < -0.39 is 0 Å². The molecule has 2 rings (SSSR count). The van der Waals surface area contributed by atoms with Crippen molar-refractivity contribution in [2.24, 2.45) is 5.73 Å². The van der Waals surface area contributed by atoms with E-state index in [1.165, 1.54) is 5.56 Å². The van der Waals surface area contributed by atoms with Crippen molar-refractivity contribution in [3.63, 3.8) is 0 Å². The predicted molar refractivity (Wildman–Crippen MR) is 73.3 cm³/mol. The molecule has 0 saturated carbocycles. The van der Waals surface area contributed by atoms with Crippen LogP contribution >= 0.6 is 0 Å². The third-order valence-electron chi connectivity index (χ3n) is 3.10. The quantitative estimate of drug-likeness (QED) is 0.851. The molecule has 1 aromatic carbocycles. The van der Waals surface area contributed by atoms with Crippen LogP contribution in [-0.2, 0) is 6.54 Å². The van der Waals surface area contributed by atoms with E-state index in [0.717, 1.165) is 24.1 Å². The number of aryl methyl sites for hydroxylation is 1. The molecular weight excluding hydrogens is 226 g/mol. The van der Waals surface area contributed by atoms with Gasteiger partial charge in [-0.2, -0.15) is 0 Å². The first-order valence-corrected chi connectivity index (χ1v) is 6.31. The van der Waals surface area contributed by atoms with Gasteiger partial charge in [0.2, 0.25) is 0 Å². The van der Waals surface area contributed by atoms with Gasteiger partial charge in [0.25, 0.3) is 0 Å². The molecule has 0 saturated heterocycles. The zero-order chi connectivity index (χ0) is 13.2. The maximum absolute atomic E-state index is 5.60. The summed E-state index contributed by atoms with van der Waals surface area (Å²) in [6.45, 7) is 7.70. The molecule has 98 valence electrons. The number of hydrogen-bond donors (Lipinski definition) is 2. The lowest BCUT2D eigenvalue weighted by atomic mass is 10.0. The Morgan fingerprint density at radius 1 is 1.39 bits per heavy atom. The molecule has 18 heavy (non-hydrogen) atoms. The van der Waals surface area contributed by atoms with Crippen molar-refractivity contribution in [2.45, 2.75) is 39.3 Å². The van der Waals surface area contributed by atoms with E-state index >= 15 is 0 Å². The summed E-state index contributed by atoms with van der Waals surface area (Å²) in [6, 6.07) is 6.11. The molecule has 3 N–H and O–H groups in total. The first-order chi connectivity index (χ1) is 8.50. The molecule has 4 nitrogen and oxygen atoms in total. The maximum Gasteiger partial charge on any atom is 0.192 e. The molecule has 0 aliphatic heterocycles. The second kappa shape index (κ2) is 5.08. The van der Waals surface area contributed by atoms with E-state index in [-0.39, 0.29) is 5.54 Å². The van der Waals surface area contributed by atoms with Crippen LogP contribution in [0.1, 0.15) is 31.7 Å². The second-order valence-electron chi connectivity index (χ2n) is 5.31. The lowest BCUT2D eigenvalue weighted by Gasteiger charge is -2.25. The molecular formula is C14H21N3O. The molecule has 0 amide bonds. The summed E-state index contributed by atoms with van der Waals surface area (Å²) in [7, 11) is 0. The van der Waals surface area contributed by atoms with Crippen LogP contribution < -0.4 is 11.1 Å². The van der Waals surface area contributed by atoms with Gasteiger partial charge in [0, 0.05) is 19.0 Å². The Morgan fingerprint density at radius 3 is 2.89 bits per heavy atom. The number of nitrogens with one attached hydrogen (secondary N) is 1. The fourth-order valence-corrected chi connectivity index (χ4v) is 1.99. The minimum absolute atomic E-state index is 0.0590. The van der Waals surface area contributed by atoms with Gasteiger partial charge in [0.1, 0.15) is 5.52 Å². The van der Waals surface area contributed by atoms with Gasteiger partial charge >= 0.3 is 0 Å². The summed E-state index contributed by atoms with van der Waals surface area (Å²) < 4.78 is 5.46. The van der Waals surface area contributed by atoms with Gasteiger partial charge in [-0.1, -0.05) is 6.07 Å². The second-order valence-corrected chi connectivity index (χ2v) is 5.31. The van der Waals surface area contributed by atoms with Crippen molar-refractivity contribution in [2.75, 3.05) is 6.54 Å². The van der Waals surface area contributed by atoms with Gasteiger partial charge in [-0.25, -0.2) is 4.98 Å². The van der Waals surface area contributed by atoms with Crippen LogP contribution in [0.15, 0.2) is 22.6 Å². The molecule has 2 aromatic rings. The normalized spacial score (nSPS) is 12.2. The van der Waals surface area contributed by atoms with Crippen LogP contribution in [-0.4, -0.2) is 17.1 Å². The number of hydrogen-bond acceptors (Lipinski definition) is 4. The largest absolute Gasteiger partial charge is 0.441 e. The zero-order valence-corrected chi connectivity index (χ0v) is 11.3. The lowest BCUT2D eigenvalue weighted by Crippen LogP contribution is -2.40. The monoisotopic (exact) mass is 247 g/mol. The minimum Gasteiger partial charge on any atom is -0.441 e. The molecule has 0 bridgehead atoms. The molecule has 0 atom stereocenters. The molecule has 1 heterocycles. The SMILES string of the molecule is Cc1nc2cc(CNC(C)(C)CCN)ccc2o1. The molecule has 4 heteroatoms. The molecule has 0 radical (unpaired) electrons. The number of oxazole rings is 1. The van der Waals surface area contributed by atoms with E-state index in [1.54, 1.807) is 0 Å². The third-order valence-corrected chi connectivity index (χ3v) is 3.10. The van der Waals surface area contributed by atoms with Crippen molar-refractivity contribution in [3.05, 3.63) is 29.7 Å². The van der Waals surface area contributed by atoms with Gasteiger partial charge in [0.05, 0.1) is 0 Å². The number of aromatic nitrogens is 1. The highest BCUT2D eigenvalue weighted by molar-refractivity contribution is 5.73. The highest BCUT2D eigenvalue weighted by Crippen LogP contribution is 2.17. The van der Waals surface area contributed by atoms with Crippen molar-refractivity contribution in [1.29, 1.82) is 0 Å². The smallest absolute Gasteiger partial charge is 0.192 e. The predicted octanol–water partition coefficient (Wildman–Crippen LogP) is 2.35. The zero-order valence-electron chi connectivity index (χ0n) is 11.3. The Hall–Kier alpha value is -1.39. The van der Waals surface area contributed by atoms with E-state index in [1.807, 2.05) is 13.0 Å². The fraction of sp³-hybridized carbons (Fsp3) is 0.500. The first-order valence-electron chi connectivity index (χ1n) is 6.31. The topological polar surface area (TPSA) is 64.1 Å². The number of rotatable bonds is 5. The third kappa shape index (κ3) is 3.09. The van der Waals surface area contributed by atoms with E-state index in [2.05, 4.69) is 36.3 Å². The summed E-state index contributed by atoms with van der Waals surface area (Å²) >= 11 is 0. The summed E-state index contributed by atoms with van der Waals surface area (Å²) in [6.07, 6.45) is 0.957. The molecule has 1 aromatic heterocycles. The summed E-state index contributed by atoms with van der Waals surface area (Å²) in [4.78, 5) is 4.34. The number of nitrogens with zero attached hydrogens (tertiary/aromatic N) is 1. The Kier molecular flexibility index (Phi) is 3.68. The van der Waals surface area contributed by atoms with Gasteiger partial charge in [-0.05, 0) is 44.5 Å². The lowest BCUT2D eigenvalue weighted by molar-refractivity contribution is 0.365. The summed E-state index contributed by atoms with van der Waals surface area (Å²) in [5, 5.41) is 3.51. The van der Waals surface area contributed by atoms with Gasteiger partial charge in [-0.3, -0.25) is 0 Å². The average Bonchev–Trinajstić information content (AvgIpc) is 2.65. The number of benzene rings is 1. The number of fused-ring (bicyclic) bond motifs is 1. The van der Waals surface area contributed by atoms with Crippen molar-refractivity contribution in [1.82, 2.24) is 10.3 Å². The molecule has 0 aliphatic carbocycles. The average molecular weight is 247 g/mol. The molecule has 0 unspecified atom stereocenters. The van der Waals surface area contributed by atoms with Crippen LogP contribution in [0.2, 0.25) is 0 Å². The Balaban J connectivity index is 2.07. The van der Waals surface area contributed by atoms with Crippen LogP contribution in [0.25, 0.3) is 11.1 Å².